The maximum atomic E-state index is 13.1. The van der Waals surface area contributed by atoms with Gasteiger partial charge < -0.3 is 19.9 Å². The molecule has 0 aromatic heterocycles. The van der Waals surface area contributed by atoms with Gasteiger partial charge in [-0.25, -0.2) is 10.2 Å². The van der Waals surface area contributed by atoms with E-state index < -0.39 is 5.60 Å². The molecule has 3 aliphatic rings. The molecule has 8 heteroatoms. The Morgan fingerprint density at radius 3 is 2.69 bits per heavy atom. The van der Waals surface area contributed by atoms with E-state index >= 15 is 0 Å². The normalized spacial score (nSPS) is 21.4. The van der Waals surface area contributed by atoms with Crippen molar-refractivity contribution in [1.29, 1.82) is 0 Å². The van der Waals surface area contributed by atoms with Crippen LogP contribution < -0.4 is 15.6 Å². The van der Waals surface area contributed by atoms with Gasteiger partial charge in [0.15, 0.2) is 0 Å². The molecule has 0 saturated carbocycles. The summed E-state index contributed by atoms with van der Waals surface area (Å²) in [4.78, 5) is 29.2. The Hall–Kier alpha value is -3.81. The van der Waals surface area contributed by atoms with Crippen molar-refractivity contribution >= 4 is 34.8 Å². The van der Waals surface area contributed by atoms with Gasteiger partial charge in [-0.15, -0.1) is 0 Å². The Kier molecular flexibility index (Phi) is 6.20. The van der Waals surface area contributed by atoms with Gasteiger partial charge in [-0.05, 0) is 69.4 Å². The molecule has 2 N–H and O–H groups in total. The van der Waals surface area contributed by atoms with Crippen LogP contribution >= 0.6 is 0 Å². The average molecular weight is 488 g/mol. The summed E-state index contributed by atoms with van der Waals surface area (Å²) >= 11 is 0. The van der Waals surface area contributed by atoms with E-state index in [1.54, 1.807) is 0 Å². The van der Waals surface area contributed by atoms with E-state index in [4.69, 9.17) is 4.74 Å². The Morgan fingerprint density at radius 2 is 1.94 bits per heavy atom. The fraction of sp³-hybridized carbons (Fsp3) is 0.393. The maximum absolute atomic E-state index is 13.1. The highest BCUT2D eigenvalue weighted by molar-refractivity contribution is 6.12. The second kappa shape index (κ2) is 9.33. The maximum Gasteiger partial charge on any atom is 0.410 e. The van der Waals surface area contributed by atoms with E-state index in [0.29, 0.717) is 19.5 Å². The number of carbonyl (C=O) groups excluding carboxylic acids is 2. The number of anilines is 2. The summed E-state index contributed by atoms with van der Waals surface area (Å²) in [6.45, 7) is 8.60. The number of hydrogen-bond acceptors (Lipinski definition) is 6. The van der Waals surface area contributed by atoms with E-state index in [0.717, 1.165) is 29.2 Å². The molecule has 2 aromatic rings. The highest BCUT2D eigenvalue weighted by Crippen LogP contribution is 2.37. The predicted molar refractivity (Wildman–Crippen MR) is 142 cm³/mol. The van der Waals surface area contributed by atoms with Crippen molar-refractivity contribution in [2.45, 2.75) is 58.2 Å². The molecule has 2 atom stereocenters. The van der Waals surface area contributed by atoms with Crippen LogP contribution in [-0.2, 0) is 16.0 Å². The van der Waals surface area contributed by atoms with Crippen molar-refractivity contribution < 1.29 is 14.3 Å². The highest BCUT2D eigenvalue weighted by atomic mass is 16.6. The van der Waals surface area contributed by atoms with E-state index in [9.17, 15) is 9.59 Å². The topological polar surface area (TPSA) is 86.3 Å². The molecule has 0 saturated heterocycles. The van der Waals surface area contributed by atoms with Crippen LogP contribution in [0.25, 0.3) is 5.57 Å². The molecule has 36 heavy (non-hydrogen) atoms. The summed E-state index contributed by atoms with van der Waals surface area (Å²) < 4.78 is 5.73. The molecule has 3 aliphatic heterocycles. The first-order chi connectivity index (χ1) is 17.2. The van der Waals surface area contributed by atoms with Crippen molar-refractivity contribution in [3.63, 3.8) is 0 Å². The minimum Gasteiger partial charge on any atom is -0.444 e. The summed E-state index contributed by atoms with van der Waals surface area (Å²) in [5.41, 5.74) is 7.41. The smallest absolute Gasteiger partial charge is 0.410 e. The quantitative estimate of drug-likeness (QED) is 0.671. The van der Waals surface area contributed by atoms with Crippen LogP contribution in [0.1, 0.15) is 45.2 Å². The van der Waals surface area contributed by atoms with E-state index in [2.05, 4.69) is 52.3 Å². The largest absolute Gasteiger partial charge is 0.444 e. The van der Waals surface area contributed by atoms with Crippen molar-refractivity contribution in [3.8, 4) is 0 Å². The van der Waals surface area contributed by atoms with Gasteiger partial charge >= 0.3 is 6.09 Å². The summed E-state index contributed by atoms with van der Waals surface area (Å²) in [5, 5.41) is 7.65. The Labute approximate surface area is 212 Å². The van der Waals surface area contributed by atoms with Gasteiger partial charge in [0.1, 0.15) is 17.5 Å². The van der Waals surface area contributed by atoms with Crippen LogP contribution in [0.15, 0.2) is 59.7 Å². The summed E-state index contributed by atoms with van der Waals surface area (Å²) in [5.74, 6) is 0.673. The summed E-state index contributed by atoms with van der Waals surface area (Å²) in [6, 6.07) is 16.2. The van der Waals surface area contributed by atoms with Gasteiger partial charge in [-0.2, -0.15) is 5.10 Å². The molecule has 0 fully saturated rings. The van der Waals surface area contributed by atoms with Crippen LogP contribution in [0.3, 0.4) is 0 Å². The van der Waals surface area contributed by atoms with Crippen LogP contribution in [0.5, 0.6) is 0 Å². The van der Waals surface area contributed by atoms with Crippen LogP contribution in [-0.4, -0.2) is 53.5 Å². The number of hydrogen-bond donors (Lipinski definition) is 2. The van der Waals surface area contributed by atoms with Gasteiger partial charge in [-0.1, -0.05) is 42.5 Å². The van der Waals surface area contributed by atoms with Crippen molar-refractivity contribution in [1.82, 2.24) is 10.3 Å². The molecule has 2 amide bonds. The Balaban J connectivity index is 1.45. The molecule has 0 aliphatic carbocycles. The number of fused-ring (bicyclic) bond motifs is 3. The summed E-state index contributed by atoms with van der Waals surface area (Å²) in [6.07, 6.45) is 3.27. The van der Waals surface area contributed by atoms with Gasteiger partial charge in [0, 0.05) is 12.6 Å². The van der Waals surface area contributed by atoms with Crippen molar-refractivity contribution in [2.75, 3.05) is 23.3 Å². The fourth-order valence-corrected chi connectivity index (χ4v) is 4.99. The third-order valence-electron chi connectivity index (χ3n) is 6.78. The first-order valence-electron chi connectivity index (χ1n) is 12.5. The lowest BCUT2D eigenvalue weighted by molar-refractivity contribution is -0.122. The first-order valence-corrected chi connectivity index (χ1v) is 12.5. The van der Waals surface area contributed by atoms with Gasteiger partial charge in [0.2, 0.25) is 0 Å². The molecule has 0 spiro atoms. The lowest BCUT2D eigenvalue weighted by Crippen LogP contribution is -2.55. The second-order valence-corrected chi connectivity index (χ2v) is 10.5. The zero-order chi connectivity index (χ0) is 25.4. The van der Waals surface area contributed by atoms with E-state index in [-0.39, 0.29) is 24.1 Å². The van der Waals surface area contributed by atoms with Crippen LogP contribution in [0.4, 0.5) is 16.2 Å². The third kappa shape index (κ3) is 4.80. The molecular formula is C28H33N5O3. The average Bonchev–Trinajstić information content (AvgIpc) is 2.85. The number of benzene rings is 2. The van der Waals surface area contributed by atoms with Crippen LogP contribution in [0.2, 0.25) is 0 Å². The molecule has 188 valence electrons. The number of hydrazone groups is 1. The van der Waals surface area contributed by atoms with Crippen molar-refractivity contribution in [2.24, 2.45) is 5.10 Å². The predicted octanol–water partition coefficient (Wildman–Crippen LogP) is 4.39. The van der Waals surface area contributed by atoms with Gasteiger partial charge in [0.25, 0.3) is 5.91 Å². The first kappa shape index (κ1) is 23.9. The number of nitrogens with zero attached hydrogens (tertiary/aromatic N) is 3. The molecular weight excluding hydrogens is 454 g/mol. The van der Waals surface area contributed by atoms with E-state index in [1.807, 2.05) is 55.7 Å². The molecule has 3 heterocycles. The zero-order valence-electron chi connectivity index (χ0n) is 21.2. The van der Waals surface area contributed by atoms with Crippen molar-refractivity contribution in [3.05, 3.63) is 65.7 Å². The molecule has 0 unspecified atom stereocenters. The number of amidine groups is 1. The SMILES string of the molecule is C[C@@H]1C(=O)NN=C2CNc3ccc(C4=CCN(C(=O)OC(C)(C)C)[C@H](Cc5ccccc5)C4)cc3N21. The monoisotopic (exact) mass is 487 g/mol. The molecule has 0 radical (unpaired) electrons. The Bertz CT molecular complexity index is 1230. The minimum atomic E-state index is -0.555. The second-order valence-electron chi connectivity index (χ2n) is 10.5. The van der Waals surface area contributed by atoms with E-state index in [1.165, 1.54) is 11.1 Å². The lowest BCUT2D eigenvalue weighted by Gasteiger charge is -2.39. The zero-order valence-corrected chi connectivity index (χ0v) is 21.2. The molecule has 8 nitrogen and oxygen atoms in total. The lowest BCUT2D eigenvalue weighted by atomic mass is 9.90. The fourth-order valence-electron chi connectivity index (χ4n) is 4.99. The number of rotatable bonds is 3. The molecule has 5 rings (SSSR count). The number of ether oxygens (including phenoxy) is 1. The number of nitrogens with one attached hydrogen (secondary N) is 2. The van der Waals surface area contributed by atoms with Crippen LogP contribution in [0, 0.1) is 0 Å². The summed E-state index contributed by atoms with van der Waals surface area (Å²) in [7, 11) is 0. The van der Waals surface area contributed by atoms with Gasteiger partial charge in [-0.3, -0.25) is 4.79 Å². The third-order valence-corrected chi connectivity index (χ3v) is 6.78. The Morgan fingerprint density at radius 1 is 1.17 bits per heavy atom. The highest BCUT2D eigenvalue weighted by Gasteiger charge is 2.35. The minimum absolute atomic E-state index is 0.0341. The molecule has 0 bridgehead atoms. The van der Waals surface area contributed by atoms with Gasteiger partial charge in [0.05, 0.1) is 17.9 Å². The number of amides is 2. The number of carbonyl (C=O) groups is 2. The standard InChI is InChI=1S/C28H33N5O3/c1-18-26(34)31-30-25-17-29-23-11-10-20(16-24(23)33(18)25)21-12-13-32(27(35)36-28(2,3)4)22(15-21)14-19-8-6-5-7-9-19/h5-12,16,18,22,29H,13-15,17H2,1-4H3,(H,31,34)/t18-,22-/m1/s1. The molecule has 2 aromatic carbocycles.